The lowest BCUT2D eigenvalue weighted by Crippen LogP contribution is -2.45. The van der Waals surface area contributed by atoms with E-state index in [4.69, 9.17) is 0 Å². The molecule has 69 heavy (non-hydrogen) atoms. The van der Waals surface area contributed by atoms with Crippen LogP contribution in [0.4, 0.5) is 0 Å². The fourth-order valence-corrected chi connectivity index (χ4v) is 9.05. The third-order valence-electron chi connectivity index (χ3n) is 13.6. The Balaban J connectivity index is 3.52. The van der Waals surface area contributed by atoms with Crippen LogP contribution < -0.4 is 5.32 Å². The standard InChI is InChI=1S/C65H117NO3/c1-3-5-7-9-11-13-15-17-19-21-23-25-27-29-30-31-32-33-34-35-36-37-39-41-43-45-47-49-51-53-55-57-59-61-65(69)66-63(62-67)64(68)60-58-56-54-52-50-48-46-44-42-40-38-28-26-24-22-20-18-16-14-12-10-8-6-4-2/h5,7,11,13,17,19,23,25,29-30,50,52,58,60,63-64,67-68H,3-4,6,8-10,12,14-16,18,20-22,24,26-28,31-49,51,53-57,59,61-62H2,1-2H3,(H,66,69)/b7-5-,13-11-,19-17-,25-23-,30-29-,52-50+,60-58+. The van der Waals surface area contributed by atoms with E-state index >= 15 is 0 Å². The second-order valence-corrected chi connectivity index (χ2v) is 20.4. The first kappa shape index (κ1) is 66.6. The minimum atomic E-state index is -0.866. The predicted molar refractivity (Wildman–Crippen MR) is 308 cm³/mol. The summed E-state index contributed by atoms with van der Waals surface area (Å²) >= 11 is 0. The minimum Gasteiger partial charge on any atom is -0.394 e. The molecule has 0 spiro atoms. The highest BCUT2D eigenvalue weighted by Crippen LogP contribution is 2.17. The van der Waals surface area contributed by atoms with Gasteiger partial charge in [-0.25, -0.2) is 0 Å². The molecule has 0 aliphatic carbocycles. The summed E-state index contributed by atoms with van der Waals surface area (Å²) in [5.41, 5.74) is 0. The summed E-state index contributed by atoms with van der Waals surface area (Å²) in [6.45, 7) is 4.21. The van der Waals surface area contributed by atoms with E-state index in [1.54, 1.807) is 6.08 Å². The minimum absolute atomic E-state index is 0.0722. The van der Waals surface area contributed by atoms with Gasteiger partial charge < -0.3 is 15.5 Å². The number of aliphatic hydroxyl groups excluding tert-OH is 2. The summed E-state index contributed by atoms with van der Waals surface area (Å²) in [5, 5.41) is 23.2. The average Bonchev–Trinajstić information content (AvgIpc) is 3.35. The molecule has 1 amide bonds. The number of carbonyl (C=O) groups is 1. The van der Waals surface area contributed by atoms with Crippen molar-refractivity contribution < 1.29 is 15.0 Å². The maximum absolute atomic E-state index is 12.5. The van der Waals surface area contributed by atoms with Crippen molar-refractivity contribution in [2.45, 2.75) is 315 Å². The molecule has 0 heterocycles. The van der Waals surface area contributed by atoms with Crippen LogP contribution in [0.1, 0.15) is 303 Å². The van der Waals surface area contributed by atoms with Gasteiger partial charge in [-0.3, -0.25) is 4.79 Å². The van der Waals surface area contributed by atoms with Crippen LogP contribution in [0.25, 0.3) is 0 Å². The lowest BCUT2D eigenvalue weighted by Gasteiger charge is -2.19. The SMILES string of the molecule is CC/C=C\C/C=C\C/C=C\C/C=C\C/C=C\CCCCCCCCCCCCCCCCCCCC(=O)NC(CO)C(O)/C=C/CC/C=C/CCCCCCCCCCCCCCCCCCCC. The number of aliphatic hydroxyl groups is 2. The lowest BCUT2D eigenvalue weighted by atomic mass is 10.0. The summed E-state index contributed by atoms with van der Waals surface area (Å²) in [5.74, 6) is -0.0722. The zero-order valence-electron chi connectivity index (χ0n) is 46.1. The Labute approximate surface area is 431 Å². The summed E-state index contributed by atoms with van der Waals surface area (Å²) < 4.78 is 0. The van der Waals surface area contributed by atoms with Gasteiger partial charge in [-0.2, -0.15) is 0 Å². The van der Waals surface area contributed by atoms with Crippen molar-refractivity contribution in [3.63, 3.8) is 0 Å². The monoisotopic (exact) mass is 960 g/mol. The van der Waals surface area contributed by atoms with Crippen LogP contribution in [0, 0.1) is 0 Å². The van der Waals surface area contributed by atoms with Crippen LogP contribution in [-0.4, -0.2) is 34.9 Å². The number of hydrogen-bond donors (Lipinski definition) is 3. The molecule has 0 bridgehead atoms. The zero-order chi connectivity index (χ0) is 49.9. The maximum atomic E-state index is 12.5. The Bertz CT molecular complexity index is 1230. The van der Waals surface area contributed by atoms with E-state index in [0.717, 1.165) is 64.2 Å². The first-order chi connectivity index (χ1) is 34.2. The Hall–Kier alpha value is -2.43. The topological polar surface area (TPSA) is 69.6 Å². The van der Waals surface area contributed by atoms with Crippen molar-refractivity contribution in [2.24, 2.45) is 0 Å². The number of unbranched alkanes of at least 4 members (excludes halogenated alkanes) is 36. The highest BCUT2D eigenvalue weighted by atomic mass is 16.3. The molecule has 0 rings (SSSR count). The third-order valence-corrected chi connectivity index (χ3v) is 13.6. The van der Waals surface area contributed by atoms with Crippen LogP contribution in [0.2, 0.25) is 0 Å². The molecule has 0 aromatic heterocycles. The molecule has 3 N–H and O–H groups in total. The Kier molecular flexibility index (Phi) is 57.8. The molecule has 0 saturated heterocycles. The Morgan fingerprint density at radius 3 is 1.01 bits per heavy atom. The van der Waals surface area contributed by atoms with E-state index in [1.807, 2.05) is 6.08 Å². The number of amides is 1. The fraction of sp³-hybridized carbons (Fsp3) is 0.769. The normalized spacial score (nSPS) is 13.4. The lowest BCUT2D eigenvalue weighted by molar-refractivity contribution is -0.123. The number of carbonyl (C=O) groups excluding carboxylic acids is 1. The van der Waals surface area contributed by atoms with Crippen LogP contribution in [0.15, 0.2) is 85.1 Å². The van der Waals surface area contributed by atoms with Crippen molar-refractivity contribution in [3.8, 4) is 0 Å². The van der Waals surface area contributed by atoms with Gasteiger partial charge in [0.1, 0.15) is 0 Å². The van der Waals surface area contributed by atoms with E-state index in [1.165, 1.54) is 218 Å². The Morgan fingerprint density at radius 2 is 0.652 bits per heavy atom. The molecule has 0 aliphatic rings. The summed E-state index contributed by atoms with van der Waals surface area (Å²) in [6.07, 6.45) is 87.7. The molecule has 0 aliphatic heterocycles. The van der Waals surface area contributed by atoms with Crippen molar-refractivity contribution in [1.29, 1.82) is 0 Å². The quantitative estimate of drug-likeness (QED) is 0.0420. The van der Waals surface area contributed by atoms with E-state index < -0.39 is 12.1 Å². The molecule has 4 nitrogen and oxygen atoms in total. The molecular formula is C65H117NO3. The predicted octanol–water partition coefficient (Wildman–Crippen LogP) is 20.3. The van der Waals surface area contributed by atoms with Gasteiger partial charge in [0, 0.05) is 6.42 Å². The van der Waals surface area contributed by atoms with Gasteiger partial charge in [-0.05, 0) is 77.0 Å². The van der Waals surface area contributed by atoms with E-state index in [0.29, 0.717) is 6.42 Å². The molecule has 0 aromatic rings. The highest BCUT2D eigenvalue weighted by molar-refractivity contribution is 5.76. The second kappa shape index (κ2) is 59.9. The fourth-order valence-electron chi connectivity index (χ4n) is 9.05. The summed E-state index contributed by atoms with van der Waals surface area (Å²) in [6, 6.07) is -0.643. The molecule has 4 heteroatoms. The highest BCUT2D eigenvalue weighted by Gasteiger charge is 2.18. The first-order valence-corrected chi connectivity index (χ1v) is 30.3. The molecule has 2 atom stereocenters. The average molecular weight is 961 g/mol. The largest absolute Gasteiger partial charge is 0.394 e. The number of nitrogens with one attached hydrogen (secondary N) is 1. The van der Waals surface area contributed by atoms with Crippen LogP contribution in [0.5, 0.6) is 0 Å². The molecule has 400 valence electrons. The molecule has 0 radical (unpaired) electrons. The van der Waals surface area contributed by atoms with Gasteiger partial charge in [0.2, 0.25) is 5.91 Å². The zero-order valence-corrected chi connectivity index (χ0v) is 46.1. The third kappa shape index (κ3) is 56.4. The van der Waals surface area contributed by atoms with Gasteiger partial charge in [-0.1, -0.05) is 304 Å². The van der Waals surface area contributed by atoms with Crippen molar-refractivity contribution >= 4 is 5.91 Å². The van der Waals surface area contributed by atoms with Gasteiger partial charge in [0.15, 0.2) is 0 Å². The number of allylic oxidation sites excluding steroid dienone is 13. The van der Waals surface area contributed by atoms with Crippen LogP contribution in [0.3, 0.4) is 0 Å². The van der Waals surface area contributed by atoms with Gasteiger partial charge >= 0.3 is 0 Å². The maximum Gasteiger partial charge on any atom is 0.220 e. The van der Waals surface area contributed by atoms with E-state index in [9.17, 15) is 15.0 Å². The van der Waals surface area contributed by atoms with Gasteiger partial charge in [-0.15, -0.1) is 0 Å². The van der Waals surface area contributed by atoms with Gasteiger partial charge in [0.25, 0.3) is 0 Å². The molecule has 0 aromatic carbocycles. The van der Waals surface area contributed by atoms with E-state index in [2.05, 4.69) is 92.1 Å². The number of hydrogen-bond acceptors (Lipinski definition) is 3. The Morgan fingerprint density at radius 1 is 0.362 bits per heavy atom. The van der Waals surface area contributed by atoms with E-state index in [-0.39, 0.29) is 12.5 Å². The van der Waals surface area contributed by atoms with Gasteiger partial charge in [0.05, 0.1) is 18.8 Å². The number of rotatable bonds is 55. The van der Waals surface area contributed by atoms with Crippen LogP contribution >= 0.6 is 0 Å². The molecular weight excluding hydrogens is 843 g/mol. The molecule has 0 fully saturated rings. The summed E-state index contributed by atoms with van der Waals surface area (Å²) in [7, 11) is 0. The molecule has 2 unspecified atom stereocenters. The van der Waals surface area contributed by atoms with Crippen molar-refractivity contribution in [2.75, 3.05) is 6.61 Å². The van der Waals surface area contributed by atoms with Crippen molar-refractivity contribution in [1.82, 2.24) is 5.32 Å². The van der Waals surface area contributed by atoms with Crippen LogP contribution in [-0.2, 0) is 4.79 Å². The second-order valence-electron chi connectivity index (χ2n) is 20.4. The smallest absolute Gasteiger partial charge is 0.220 e. The first-order valence-electron chi connectivity index (χ1n) is 30.3. The van der Waals surface area contributed by atoms with Crippen molar-refractivity contribution in [3.05, 3.63) is 85.1 Å². The molecule has 0 saturated carbocycles. The summed E-state index contributed by atoms with van der Waals surface area (Å²) in [4.78, 5) is 12.5.